The van der Waals surface area contributed by atoms with E-state index in [1.807, 2.05) is 57.2 Å². The average Bonchev–Trinajstić information content (AvgIpc) is 3.65. The summed E-state index contributed by atoms with van der Waals surface area (Å²) in [6.07, 6.45) is 0.0967. The van der Waals surface area contributed by atoms with Crippen molar-refractivity contribution in [2.45, 2.75) is 58.0 Å². The fourth-order valence-corrected chi connectivity index (χ4v) is 5.43. The van der Waals surface area contributed by atoms with Gasteiger partial charge in [0.2, 0.25) is 5.88 Å². The van der Waals surface area contributed by atoms with E-state index in [0.717, 1.165) is 16.8 Å². The fourth-order valence-electron chi connectivity index (χ4n) is 5.43. The number of likely N-dealkylation sites (tertiary alicyclic amines) is 1. The molecule has 2 fully saturated rings. The van der Waals surface area contributed by atoms with Crippen LogP contribution in [0.3, 0.4) is 0 Å². The lowest BCUT2D eigenvalue weighted by molar-refractivity contribution is -0.118. The summed E-state index contributed by atoms with van der Waals surface area (Å²) >= 11 is 0. The number of rotatable bonds is 9. The minimum absolute atomic E-state index is 0.0580. The first-order valence-electron chi connectivity index (χ1n) is 15.4. The number of aromatic nitrogens is 2. The van der Waals surface area contributed by atoms with Crippen LogP contribution in [0.1, 0.15) is 39.2 Å². The zero-order valence-electron chi connectivity index (χ0n) is 26.2. The highest BCUT2D eigenvalue weighted by Crippen LogP contribution is 2.30. The minimum atomic E-state index is -0.539. The van der Waals surface area contributed by atoms with Crippen LogP contribution in [-0.4, -0.2) is 83.6 Å². The first-order chi connectivity index (χ1) is 22.1. The summed E-state index contributed by atoms with van der Waals surface area (Å²) in [5, 5.41) is 6.09. The highest BCUT2D eigenvalue weighted by molar-refractivity contribution is 5.95. The molecule has 46 heavy (non-hydrogen) atoms. The van der Waals surface area contributed by atoms with Gasteiger partial charge < -0.3 is 34.5 Å². The van der Waals surface area contributed by atoms with Crippen LogP contribution in [0.15, 0.2) is 54.6 Å². The van der Waals surface area contributed by atoms with Crippen LogP contribution in [0.4, 0.5) is 21.2 Å². The largest absolute Gasteiger partial charge is 0.480 e. The third-order valence-electron chi connectivity index (χ3n) is 7.61. The molecule has 3 aliphatic heterocycles. The Kier molecular flexibility index (Phi) is 8.93. The molecule has 2 saturated heterocycles. The van der Waals surface area contributed by atoms with Crippen molar-refractivity contribution in [1.29, 1.82) is 0 Å². The van der Waals surface area contributed by atoms with Crippen molar-refractivity contribution in [2.75, 3.05) is 43.0 Å². The molecule has 6 rings (SSSR count). The Hall–Kier alpha value is -4.91. The quantitative estimate of drug-likeness (QED) is 0.327. The Morgan fingerprint density at radius 2 is 1.93 bits per heavy atom. The number of carbonyl (C=O) groups excluding carboxylic acids is 3. The SMILES string of the molecule is CC(C)(C)OC(=O)N1CCC(Oc2cccc(-c3cccc(CNCCC4CN(c5ccc6c(n5)NC(=O)CO6)C(=O)O4)c3)n2)C1. The van der Waals surface area contributed by atoms with Gasteiger partial charge in [-0.2, -0.15) is 0 Å². The van der Waals surface area contributed by atoms with Gasteiger partial charge in [0, 0.05) is 31.1 Å². The summed E-state index contributed by atoms with van der Waals surface area (Å²) in [7, 11) is 0. The molecule has 3 amide bonds. The molecule has 13 heteroatoms. The van der Waals surface area contributed by atoms with Gasteiger partial charge in [0.05, 0.1) is 18.8 Å². The summed E-state index contributed by atoms with van der Waals surface area (Å²) in [6.45, 7) is 8.18. The molecule has 3 aliphatic rings. The second kappa shape index (κ2) is 13.2. The van der Waals surface area contributed by atoms with Gasteiger partial charge >= 0.3 is 12.2 Å². The molecule has 0 radical (unpaired) electrons. The highest BCUT2D eigenvalue weighted by atomic mass is 16.6. The topological polar surface area (TPSA) is 144 Å². The number of nitrogens with one attached hydrogen (secondary N) is 2. The summed E-state index contributed by atoms with van der Waals surface area (Å²) in [6, 6.07) is 17.2. The molecule has 1 aromatic carbocycles. The van der Waals surface area contributed by atoms with Crippen molar-refractivity contribution in [3.63, 3.8) is 0 Å². The molecular formula is C33H38N6O7. The lowest BCUT2D eigenvalue weighted by Gasteiger charge is -2.24. The molecular weight excluding hydrogens is 592 g/mol. The van der Waals surface area contributed by atoms with Gasteiger partial charge in [-0.1, -0.05) is 24.3 Å². The van der Waals surface area contributed by atoms with Gasteiger partial charge in [-0.05, 0) is 63.6 Å². The van der Waals surface area contributed by atoms with Crippen molar-refractivity contribution >= 4 is 29.7 Å². The van der Waals surface area contributed by atoms with E-state index in [-0.39, 0.29) is 30.8 Å². The summed E-state index contributed by atoms with van der Waals surface area (Å²) in [4.78, 5) is 48.8. The average molecular weight is 631 g/mol. The molecule has 0 bridgehead atoms. The number of hydrogen-bond acceptors (Lipinski definition) is 10. The Balaban J connectivity index is 0.976. The van der Waals surface area contributed by atoms with E-state index in [4.69, 9.17) is 23.9 Å². The van der Waals surface area contributed by atoms with Gasteiger partial charge in [0.15, 0.2) is 18.2 Å². The smallest absolute Gasteiger partial charge is 0.415 e. The van der Waals surface area contributed by atoms with Crippen LogP contribution in [0.25, 0.3) is 11.3 Å². The maximum Gasteiger partial charge on any atom is 0.415 e. The van der Waals surface area contributed by atoms with Crippen molar-refractivity contribution in [2.24, 2.45) is 0 Å². The summed E-state index contributed by atoms with van der Waals surface area (Å²) in [5.41, 5.74) is 2.30. The zero-order valence-corrected chi connectivity index (χ0v) is 26.2. The zero-order chi connectivity index (χ0) is 32.3. The summed E-state index contributed by atoms with van der Waals surface area (Å²) in [5.74, 6) is 1.39. The summed E-state index contributed by atoms with van der Waals surface area (Å²) < 4.78 is 22.5. The van der Waals surface area contributed by atoms with E-state index in [9.17, 15) is 14.4 Å². The minimum Gasteiger partial charge on any atom is -0.480 e. The molecule has 0 spiro atoms. The second-order valence-electron chi connectivity index (χ2n) is 12.5. The van der Waals surface area contributed by atoms with Crippen molar-refractivity contribution in [3.05, 3.63) is 60.2 Å². The second-order valence-corrected chi connectivity index (χ2v) is 12.5. The van der Waals surface area contributed by atoms with E-state index in [1.54, 1.807) is 17.0 Å². The maximum atomic E-state index is 12.5. The molecule has 2 aromatic heterocycles. The molecule has 13 nitrogen and oxygen atoms in total. The molecule has 2 N–H and O–H groups in total. The van der Waals surface area contributed by atoms with E-state index >= 15 is 0 Å². The number of hydrogen-bond donors (Lipinski definition) is 2. The Morgan fingerprint density at radius 3 is 2.78 bits per heavy atom. The highest BCUT2D eigenvalue weighted by Gasteiger charge is 2.34. The number of ether oxygens (including phenoxy) is 4. The molecule has 2 unspecified atom stereocenters. The first kappa shape index (κ1) is 31.1. The first-order valence-corrected chi connectivity index (χ1v) is 15.4. The van der Waals surface area contributed by atoms with Gasteiger partial charge in [-0.15, -0.1) is 0 Å². The number of pyridine rings is 2. The van der Waals surface area contributed by atoms with Gasteiger partial charge in [0.1, 0.15) is 23.6 Å². The molecule has 242 valence electrons. The normalized spacial score (nSPS) is 19.3. The predicted octanol–water partition coefficient (Wildman–Crippen LogP) is 4.37. The maximum absolute atomic E-state index is 12.5. The number of cyclic esters (lactones) is 1. The van der Waals surface area contributed by atoms with E-state index < -0.39 is 11.7 Å². The number of anilines is 2. The fraction of sp³-hybridized carbons (Fsp3) is 0.424. The number of benzene rings is 1. The van der Waals surface area contributed by atoms with E-state index in [1.165, 1.54) is 4.90 Å². The van der Waals surface area contributed by atoms with Crippen molar-refractivity contribution in [3.8, 4) is 22.9 Å². The van der Waals surface area contributed by atoms with E-state index in [2.05, 4.69) is 21.7 Å². The third-order valence-corrected chi connectivity index (χ3v) is 7.61. The Labute approximate surface area is 267 Å². The van der Waals surface area contributed by atoms with Crippen molar-refractivity contribution < 1.29 is 33.3 Å². The standard InChI is InChI=1S/C33H38N6O7/c1-33(2,3)46-31(41)38-15-13-24(18-38)44-29-9-5-8-25(35-29)22-7-4-6-21(16-22)17-34-14-12-23-19-39(32(42)45-23)27-11-10-26-30(36-27)37-28(40)20-43-26/h4-11,16,23-24,34H,12-15,17-20H2,1-3H3,(H,36,37,40). The van der Waals surface area contributed by atoms with Gasteiger partial charge in [0.25, 0.3) is 5.91 Å². The van der Waals surface area contributed by atoms with Crippen LogP contribution in [0.2, 0.25) is 0 Å². The van der Waals surface area contributed by atoms with Crippen molar-refractivity contribution in [1.82, 2.24) is 20.2 Å². The molecule has 5 heterocycles. The van der Waals surface area contributed by atoms with Gasteiger partial charge in [-0.25, -0.2) is 19.6 Å². The third kappa shape index (κ3) is 7.65. The van der Waals surface area contributed by atoms with Crippen LogP contribution in [0, 0.1) is 0 Å². The Bertz CT molecular complexity index is 1610. The predicted molar refractivity (Wildman–Crippen MR) is 169 cm³/mol. The van der Waals surface area contributed by atoms with E-state index in [0.29, 0.717) is 68.8 Å². The molecule has 0 aliphatic carbocycles. The van der Waals surface area contributed by atoms with Crippen LogP contribution in [0.5, 0.6) is 11.6 Å². The molecule has 3 aromatic rings. The number of amides is 3. The van der Waals surface area contributed by atoms with Crippen LogP contribution < -0.4 is 25.0 Å². The molecule has 0 saturated carbocycles. The Morgan fingerprint density at radius 1 is 1.09 bits per heavy atom. The number of fused-ring (bicyclic) bond motifs is 1. The van der Waals surface area contributed by atoms with Gasteiger partial charge in [-0.3, -0.25) is 9.69 Å². The number of carbonyl (C=O) groups is 3. The number of nitrogens with zero attached hydrogens (tertiary/aromatic N) is 4. The monoisotopic (exact) mass is 630 g/mol. The molecule has 2 atom stereocenters. The van der Waals surface area contributed by atoms with Crippen LogP contribution >= 0.6 is 0 Å². The lowest BCUT2D eigenvalue weighted by Crippen LogP contribution is -2.36. The lowest BCUT2D eigenvalue weighted by atomic mass is 10.1. The van der Waals surface area contributed by atoms with Crippen LogP contribution in [-0.2, 0) is 20.8 Å².